The number of carbonyl (C=O) groups is 1. The minimum absolute atomic E-state index is 0.0215. The van der Waals surface area contributed by atoms with Crippen molar-refractivity contribution in [3.05, 3.63) is 29.8 Å². The van der Waals surface area contributed by atoms with Crippen molar-refractivity contribution in [2.75, 3.05) is 39.0 Å². The van der Waals surface area contributed by atoms with Crippen LogP contribution < -0.4 is 4.74 Å². The highest BCUT2D eigenvalue weighted by Gasteiger charge is 2.26. The van der Waals surface area contributed by atoms with E-state index < -0.39 is 10.0 Å². The molecule has 1 heterocycles. The second-order valence-electron chi connectivity index (χ2n) is 6.18. The van der Waals surface area contributed by atoms with Gasteiger partial charge < -0.3 is 9.64 Å². The Bertz CT molecular complexity index is 667. The van der Waals surface area contributed by atoms with Crippen LogP contribution in [-0.4, -0.2) is 62.6 Å². The van der Waals surface area contributed by atoms with Crippen LogP contribution in [0.3, 0.4) is 0 Å². The first-order valence-corrected chi connectivity index (χ1v) is 10.1. The number of rotatable bonds is 6. The zero-order valence-corrected chi connectivity index (χ0v) is 15.4. The number of benzene rings is 1. The molecule has 7 heteroatoms. The number of para-hydroxylation sites is 1. The zero-order chi connectivity index (χ0) is 17.7. The Balaban J connectivity index is 1.91. The van der Waals surface area contributed by atoms with E-state index in [4.69, 9.17) is 4.74 Å². The van der Waals surface area contributed by atoms with Crippen LogP contribution in [0.2, 0.25) is 0 Å². The predicted octanol–water partition coefficient (Wildman–Crippen LogP) is 1.68. The first kappa shape index (κ1) is 18.7. The van der Waals surface area contributed by atoms with Gasteiger partial charge in [0.05, 0.1) is 6.26 Å². The molecule has 24 heavy (non-hydrogen) atoms. The lowest BCUT2D eigenvalue weighted by Gasteiger charge is -2.33. The number of sulfonamides is 1. The Hall–Kier alpha value is -1.60. The van der Waals surface area contributed by atoms with Crippen molar-refractivity contribution in [1.82, 2.24) is 9.21 Å². The fourth-order valence-corrected chi connectivity index (χ4v) is 3.57. The number of nitrogens with zero attached hydrogens (tertiary/aromatic N) is 2. The van der Waals surface area contributed by atoms with Gasteiger partial charge in [0.2, 0.25) is 10.0 Å². The van der Waals surface area contributed by atoms with Crippen LogP contribution in [0.5, 0.6) is 5.75 Å². The van der Waals surface area contributed by atoms with E-state index in [0.717, 1.165) is 17.7 Å². The summed E-state index contributed by atoms with van der Waals surface area (Å²) in [5, 5.41) is 0. The second-order valence-corrected chi connectivity index (χ2v) is 8.16. The average molecular weight is 354 g/mol. The molecule has 1 amide bonds. The summed E-state index contributed by atoms with van der Waals surface area (Å²) in [4.78, 5) is 14.0. The van der Waals surface area contributed by atoms with Gasteiger partial charge >= 0.3 is 0 Å². The molecular weight excluding hydrogens is 328 g/mol. The van der Waals surface area contributed by atoms with E-state index in [9.17, 15) is 13.2 Å². The fraction of sp³-hybridized carbons (Fsp3) is 0.588. The number of ether oxygens (including phenoxy) is 1. The molecule has 2 rings (SSSR count). The van der Waals surface area contributed by atoms with Crippen LogP contribution in [0.4, 0.5) is 0 Å². The Morgan fingerprint density at radius 2 is 1.83 bits per heavy atom. The summed E-state index contributed by atoms with van der Waals surface area (Å²) in [5.74, 6) is 1.01. The van der Waals surface area contributed by atoms with Gasteiger partial charge in [0.1, 0.15) is 5.75 Å². The van der Waals surface area contributed by atoms with Crippen LogP contribution in [0, 0.1) is 0 Å². The topological polar surface area (TPSA) is 66.9 Å². The largest absolute Gasteiger partial charge is 0.483 e. The Morgan fingerprint density at radius 1 is 1.21 bits per heavy atom. The van der Waals surface area contributed by atoms with Gasteiger partial charge in [0.15, 0.2) is 6.61 Å². The van der Waals surface area contributed by atoms with Gasteiger partial charge in [0.25, 0.3) is 5.91 Å². The normalized spacial score (nSPS) is 17.5. The SMILES string of the molecule is CCC(C)c1ccccc1OCC(=O)N1CCN(S(C)(=O)=O)CC1. The van der Waals surface area contributed by atoms with Crippen molar-refractivity contribution < 1.29 is 17.9 Å². The van der Waals surface area contributed by atoms with E-state index in [0.29, 0.717) is 32.1 Å². The predicted molar refractivity (Wildman–Crippen MR) is 93.6 cm³/mol. The molecule has 0 saturated carbocycles. The molecule has 6 nitrogen and oxygen atoms in total. The maximum Gasteiger partial charge on any atom is 0.260 e. The maximum absolute atomic E-state index is 12.3. The summed E-state index contributed by atoms with van der Waals surface area (Å²) in [7, 11) is -3.18. The van der Waals surface area contributed by atoms with Crippen LogP contribution in [-0.2, 0) is 14.8 Å². The Morgan fingerprint density at radius 3 is 2.42 bits per heavy atom. The van der Waals surface area contributed by atoms with E-state index >= 15 is 0 Å². The Labute approximate surface area is 144 Å². The van der Waals surface area contributed by atoms with E-state index in [1.807, 2.05) is 24.3 Å². The third-order valence-corrected chi connectivity index (χ3v) is 5.78. The lowest BCUT2D eigenvalue weighted by Crippen LogP contribution is -2.51. The summed E-state index contributed by atoms with van der Waals surface area (Å²) in [5.41, 5.74) is 1.11. The number of amides is 1. The van der Waals surface area contributed by atoms with Gasteiger partial charge in [-0.15, -0.1) is 0 Å². The van der Waals surface area contributed by atoms with Crippen molar-refractivity contribution in [3.8, 4) is 5.75 Å². The maximum atomic E-state index is 12.3. The summed E-state index contributed by atoms with van der Waals surface area (Å²) in [6, 6.07) is 7.78. The van der Waals surface area contributed by atoms with Gasteiger partial charge in [-0.05, 0) is 24.0 Å². The molecule has 1 aliphatic rings. The average Bonchev–Trinajstić information content (AvgIpc) is 2.58. The number of piperazine rings is 1. The first-order chi connectivity index (χ1) is 11.3. The minimum atomic E-state index is -3.18. The van der Waals surface area contributed by atoms with Crippen molar-refractivity contribution in [2.24, 2.45) is 0 Å². The lowest BCUT2D eigenvalue weighted by molar-refractivity contribution is -0.134. The first-order valence-electron chi connectivity index (χ1n) is 8.27. The van der Waals surface area contributed by atoms with Crippen molar-refractivity contribution in [1.29, 1.82) is 0 Å². The molecule has 1 fully saturated rings. The number of carbonyl (C=O) groups excluding carboxylic acids is 1. The van der Waals surface area contributed by atoms with Crippen LogP contribution >= 0.6 is 0 Å². The summed E-state index contributed by atoms with van der Waals surface area (Å²) in [6.45, 7) is 5.72. The molecule has 0 N–H and O–H groups in total. The van der Waals surface area contributed by atoms with Crippen LogP contribution in [0.15, 0.2) is 24.3 Å². The van der Waals surface area contributed by atoms with Gasteiger partial charge in [-0.2, -0.15) is 4.31 Å². The molecule has 1 aliphatic heterocycles. The highest BCUT2D eigenvalue weighted by Crippen LogP contribution is 2.28. The smallest absolute Gasteiger partial charge is 0.260 e. The number of hydrogen-bond acceptors (Lipinski definition) is 4. The third-order valence-electron chi connectivity index (χ3n) is 4.47. The van der Waals surface area contributed by atoms with Crippen molar-refractivity contribution in [3.63, 3.8) is 0 Å². The van der Waals surface area contributed by atoms with Gasteiger partial charge in [-0.1, -0.05) is 32.0 Å². The molecule has 0 radical (unpaired) electrons. The van der Waals surface area contributed by atoms with Gasteiger partial charge in [0, 0.05) is 26.2 Å². The van der Waals surface area contributed by atoms with Crippen molar-refractivity contribution >= 4 is 15.9 Å². The molecular formula is C17H26N2O4S. The van der Waals surface area contributed by atoms with Crippen LogP contribution in [0.25, 0.3) is 0 Å². The van der Waals surface area contributed by atoms with E-state index in [1.54, 1.807) is 4.90 Å². The molecule has 1 saturated heterocycles. The quantitative estimate of drug-likeness (QED) is 0.780. The van der Waals surface area contributed by atoms with E-state index in [2.05, 4.69) is 13.8 Å². The van der Waals surface area contributed by atoms with E-state index in [-0.39, 0.29) is 12.5 Å². The second kappa shape index (κ2) is 7.98. The summed E-state index contributed by atoms with van der Waals surface area (Å²) < 4.78 is 30.1. The summed E-state index contributed by atoms with van der Waals surface area (Å²) in [6.07, 6.45) is 2.20. The highest BCUT2D eigenvalue weighted by molar-refractivity contribution is 7.88. The van der Waals surface area contributed by atoms with Crippen LogP contribution in [0.1, 0.15) is 31.7 Å². The van der Waals surface area contributed by atoms with Gasteiger partial charge in [-0.25, -0.2) is 8.42 Å². The molecule has 0 aromatic heterocycles. The molecule has 134 valence electrons. The fourth-order valence-electron chi connectivity index (χ4n) is 2.74. The van der Waals surface area contributed by atoms with Gasteiger partial charge in [-0.3, -0.25) is 4.79 Å². The molecule has 1 aromatic rings. The lowest BCUT2D eigenvalue weighted by atomic mass is 9.98. The molecule has 0 bridgehead atoms. The zero-order valence-electron chi connectivity index (χ0n) is 14.6. The molecule has 1 unspecified atom stereocenters. The molecule has 0 spiro atoms. The molecule has 1 aromatic carbocycles. The molecule has 0 aliphatic carbocycles. The van der Waals surface area contributed by atoms with Crippen molar-refractivity contribution in [2.45, 2.75) is 26.2 Å². The molecule has 1 atom stereocenters. The van der Waals surface area contributed by atoms with E-state index in [1.165, 1.54) is 10.6 Å². The Kier molecular flexibility index (Phi) is 6.23. The standard InChI is InChI=1S/C17H26N2O4S/c1-4-14(2)15-7-5-6-8-16(15)23-13-17(20)18-9-11-19(12-10-18)24(3,21)22/h5-8,14H,4,9-13H2,1-3H3. The monoisotopic (exact) mass is 354 g/mol. The third kappa shape index (κ3) is 4.70. The summed E-state index contributed by atoms with van der Waals surface area (Å²) >= 11 is 0. The number of hydrogen-bond donors (Lipinski definition) is 0. The highest BCUT2D eigenvalue weighted by atomic mass is 32.2. The minimum Gasteiger partial charge on any atom is -0.483 e.